The monoisotopic (exact) mass is 309 g/mol. The molecule has 0 bridgehead atoms. The Morgan fingerprint density at radius 1 is 1.17 bits per heavy atom. The number of rotatable bonds is 4. The van der Waals surface area contributed by atoms with Crippen molar-refractivity contribution < 1.29 is 0 Å². The number of hydrogen-bond acceptors (Lipinski definition) is 1. The maximum Gasteiger partial charge on any atom is 0.0175 e. The lowest BCUT2D eigenvalue weighted by atomic mass is 9.76. The highest BCUT2D eigenvalue weighted by Gasteiger charge is 2.29. The van der Waals surface area contributed by atoms with Gasteiger partial charge in [-0.25, -0.2) is 0 Å². The van der Waals surface area contributed by atoms with Gasteiger partial charge in [-0.3, -0.25) is 0 Å². The van der Waals surface area contributed by atoms with Crippen LogP contribution < -0.4 is 5.32 Å². The van der Waals surface area contributed by atoms with Crippen LogP contribution in [0.5, 0.6) is 0 Å². The third-order valence-electron chi connectivity index (χ3n) is 3.79. The topological polar surface area (TPSA) is 12.0 Å². The molecule has 1 aromatic carbocycles. The molecule has 0 spiro atoms. The van der Waals surface area contributed by atoms with Crippen molar-refractivity contribution in [1.29, 1.82) is 0 Å². The van der Waals surface area contributed by atoms with Gasteiger partial charge in [-0.05, 0) is 54.8 Å². The first kappa shape index (κ1) is 14.1. The molecule has 2 heteroatoms. The predicted octanol–water partition coefficient (Wildman–Crippen LogP) is 4.72. The Bertz CT molecular complexity index is 371. The lowest BCUT2D eigenvalue weighted by Crippen LogP contribution is -2.41. The lowest BCUT2D eigenvalue weighted by molar-refractivity contribution is 0.270. The van der Waals surface area contributed by atoms with Gasteiger partial charge in [-0.1, -0.05) is 48.8 Å². The fourth-order valence-corrected chi connectivity index (χ4v) is 2.71. The van der Waals surface area contributed by atoms with Crippen molar-refractivity contribution in [2.24, 2.45) is 5.41 Å². The highest BCUT2D eigenvalue weighted by atomic mass is 79.9. The van der Waals surface area contributed by atoms with Crippen molar-refractivity contribution in [2.45, 2.75) is 52.0 Å². The fraction of sp³-hybridized carbons (Fsp3) is 0.625. The van der Waals surface area contributed by atoms with E-state index in [4.69, 9.17) is 0 Å². The summed E-state index contributed by atoms with van der Waals surface area (Å²) in [5.41, 5.74) is 1.94. The van der Waals surface area contributed by atoms with Gasteiger partial charge in [0.25, 0.3) is 0 Å². The van der Waals surface area contributed by atoms with Crippen molar-refractivity contribution in [3.05, 3.63) is 34.3 Å². The standard InChI is InChI=1S/C16H24BrN/c1-16(2,3)8-9-18-15-10-13(11-15)12-4-6-14(17)7-5-12/h4-7,13,15,18H,8-11H2,1-3H3. The molecule has 18 heavy (non-hydrogen) atoms. The summed E-state index contributed by atoms with van der Waals surface area (Å²) in [6, 6.07) is 9.53. The molecule has 0 atom stereocenters. The zero-order valence-electron chi connectivity index (χ0n) is 11.7. The average molecular weight is 310 g/mol. The first-order valence-electron chi connectivity index (χ1n) is 6.93. The molecule has 1 aromatic rings. The van der Waals surface area contributed by atoms with E-state index >= 15 is 0 Å². The molecule has 0 amide bonds. The molecular weight excluding hydrogens is 286 g/mol. The van der Waals surface area contributed by atoms with Crippen LogP contribution in [0.3, 0.4) is 0 Å². The van der Waals surface area contributed by atoms with Gasteiger partial charge in [0.1, 0.15) is 0 Å². The van der Waals surface area contributed by atoms with E-state index in [2.05, 4.69) is 66.3 Å². The summed E-state index contributed by atoms with van der Waals surface area (Å²) in [5, 5.41) is 3.68. The molecule has 1 fully saturated rings. The fourth-order valence-electron chi connectivity index (χ4n) is 2.44. The summed E-state index contributed by atoms with van der Waals surface area (Å²) in [6.45, 7) is 8.07. The third-order valence-corrected chi connectivity index (χ3v) is 4.32. The van der Waals surface area contributed by atoms with E-state index in [0.717, 1.165) is 18.5 Å². The molecule has 0 unspecified atom stereocenters. The summed E-state index contributed by atoms with van der Waals surface area (Å²) in [5.74, 6) is 0.769. The molecular formula is C16H24BrN. The van der Waals surface area contributed by atoms with Crippen molar-refractivity contribution >= 4 is 15.9 Å². The van der Waals surface area contributed by atoms with E-state index in [-0.39, 0.29) is 0 Å². The van der Waals surface area contributed by atoms with Gasteiger partial charge in [0.15, 0.2) is 0 Å². The smallest absolute Gasteiger partial charge is 0.0175 e. The molecule has 1 N–H and O–H groups in total. The quantitative estimate of drug-likeness (QED) is 0.848. The van der Waals surface area contributed by atoms with Gasteiger partial charge in [0, 0.05) is 10.5 Å². The Morgan fingerprint density at radius 3 is 2.33 bits per heavy atom. The largest absolute Gasteiger partial charge is 0.314 e. The molecule has 0 aromatic heterocycles. The number of halogens is 1. The molecule has 1 saturated carbocycles. The minimum atomic E-state index is 0.446. The molecule has 1 aliphatic rings. The van der Waals surface area contributed by atoms with Gasteiger partial charge in [-0.2, -0.15) is 0 Å². The second-order valence-electron chi connectivity index (χ2n) is 6.68. The van der Waals surface area contributed by atoms with Gasteiger partial charge in [-0.15, -0.1) is 0 Å². The minimum absolute atomic E-state index is 0.446. The van der Waals surface area contributed by atoms with E-state index in [1.54, 1.807) is 0 Å². The van der Waals surface area contributed by atoms with E-state index in [1.807, 2.05) is 0 Å². The SMILES string of the molecule is CC(C)(C)CCNC1CC(c2ccc(Br)cc2)C1. The number of hydrogen-bond donors (Lipinski definition) is 1. The molecule has 0 aliphatic heterocycles. The van der Waals surface area contributed by atoms with Crippen molar-refractivity contribution in [1.82, 2.24) is 5.32 Å². The van der Waals surface area contributed by atoms with Crippen LogP contribution in [0.2, 0.25) is 0 Å². The average Bonchev–Trinajstić information content (AvgIpc) is 2.22. The van der Waals surface area contributed by atoms with Gasteiger partial charge in [0.05, 0.1) is 0 Å². The summed E-state index contributed by atoms with van der Waals surface area (Å²) < 4.78 is 1.17. The van der Waals surface area contributed by atoms with Crippen LogP contribution in [0.4, 0.5) is 0 Å². The third kappa shape index (κ3) is 4.10. The minimum Gasteiger partial charge on any atom is -0.314 e. The van der Waals surface area contributed by atoms with E-state index < -0.39 is 0 Å². The summed E-state index contributed by atoms with van der Waals surface area (Å²) in [7, 11) is 0. The van der Waals surface area contributed by atoms with Crippen molar-refractivity contribution in [2.75, 3.05) is 6.54 Å². The summed E-state index contributed by atoms with van der Waals surface area (Å²) in [6.07, 6.45) is 3.85. The maximum absolute atomic E-state index is 3.68. The Morgan fingerprint density at radius 2 is 1.78 bits per heavy atom. The zero-order chi connectivity index (χ0) is 13.2. The van der Waals surface area contributed by atoms with Crippen molar-refractivity contribution in [3.63, 3.8) is 0 Å². The lowest BCUT2D eigenvalue weighted by Gasteiger charge is -2.37. The Balaban J connectivity index is 1.69. The highest BCUT2D eigenvalue weighted by molar-refractivity contribution is 9.10. The molecule has 0 saturated heterocycles. The maximum atomic E-state index is 3.68. The Labute approximate surface area is 119 Å². The van der Waals surface area contributed by atoms with E-state index in [0.29, 0.717) is 5.41 Å². The predicted molar refractivity (Wildman–Crippen MR) is 82.0 cm³/mol. The van der Waals surface area contributed by atoms with Crippen LogP contribution in [-0.2, 0) is 0 Å². The molecule has 2 rings (SSSR count). The van der Waals surface area contributed by atoms with Gasteiger partial charge in [0.2, 0.25) is 0 Å². The highest BCUT2D eigenvalue weighted by Crippen LogP contribution is 2.37. The normalized spacial score (nSPS) is 23.8. The summed E-state index contributed by atoms with van der Waals surface area (Å²) in [4.78, 5) is 0. The number of nitrogens with one attached hydrogen (secondary N) is 1. The first-order chi connectivity index (χ1) is 8.44. The van der Waals surface area contributed by atoms with Crippen LogP contribution in [0.25, 0.3) is 0 Å². The Hall–Kier alpha value is -0.340. The molecule has 100 valence electrons. The van der Waals surface area contributed by atoms with Crippen molar-refractivity contribution in [3.8, 4) is 0 Å². The molecule has 1 aliphatic carbocycles. The van der Waals surface area contributed by atoms with Crippen LogP contribution in [0, 0.1) is 5.41 Å². The second kappa shape index (κ2) is 5.75. The van der Waals surface area contributed by atoms with Crippen LogP contribution in [0.1, 0.15) is 51.5 Å². The van der Waals surface area contributed by atoms with Crippen LogP contribution in [-0.4, -0.2) is 12.6 Å². The molecule has 0 heterocycles. The molecule has 0 radical (unpaired) electrons. The first-order valence-corrected chi connectivity index (χ1v) is 7.72. The van der Waals surface area contributed by atoms with E-state index in [1.165, 1.54) is 29.3 Å². The van der Waals surface area contributed by atoms with E-state index in [9.17, 15) is 0 Å². The van der Waals surface area contributed by atoms with Crippen LogP contribution >= 0.6 is 15.9 Å². The molecule has 1 nitrogen and oxygen atoms in total. The van der Waals surface area contributed by atoms with Gasteiger partial charge < -0.3 is 5.32 Å². The van der Waals surface area contributed by atoms with Gasteiger partial charge >= 0.3 is 0 Å². The summed E-state index contributed by atoms with van der Waals surface area (Å²) >= 11 is 3.49. The second-order valence-corrected chi connectivity index (χ2v) is 7.60. The van der Waals surface area contributed by atoms with Crippen LogP contribution in [0.15, 0.2) is 28.7 Å². The zero-order valence-corrected chi connectivity index (χ0v) is 13.3. The number of benzene rings is 1. The Kier molecular flexibility index (Phi) is 4.50.